The molecule has 7 rings (SSSR count). The van der Waals surface area contributed by atoms with Crippen LogP contribution in [0.4, 0.5) is 0 Å². The minimum Gasteiger partial charge on any atom is -0.508 e. The van der Waals surface area contributed by atoms with Crippen molar-refractivity contribution in [2.45, 2.75) is 51.1 Å². The van der Waals surface area contributed by atoms with Crippen LogP contribution >= 0.6 is 11.6 Å². The highest BCUT2D eigenvalue weighted by atomic mass is 35.5. The van der Waals surface area contributed by atoms with Gasteiger partial charge in [-0.15, -0.1) is 0 Å². The number of hydrogen-bond donors (Lipinski definition) is 1. The van der Waals surface area contributed by atoms with Crippen LogP contribution in [-0.4, -0.2) is 57.4 Å². The Morgan fingerprint density at radius 3 is 2.42 bits per heavy atom. The van der Waals surface area contributed by atoms with Crippen LogP contribution in [0.3, 0.4) is 0 Å². The summed E-state index contributed by atoms with van der Waals surface area (Å²) in [5.41, 5.74) is 3.89. The second kappa shape index (κ2) is 10.7. The molecule has 4 unspecified atom stereocenters. The van der Waals surface area contributed by atoms with Gasteiger partial charge in [0, 0.05) is 53.3 Å². The number of phenolic OH excluding ortho intramolecular Hbond substituents is 1. The van der Waals surface area contributed by atoms with E-state index in [1.807, 2.05) is 24.3 Å². The number of benzene rings is 2. The first kappa shape index (κ1) is 28.0. The molecule has 0 spiro atoms. The minimum atomic E-state index is -0.624. The molecule has 4 atom stereocenters. The van der Waals surface area contributed by atoms with Crippen LogP contribution in [0.5, 0.6) is 5.75 Å². The van der Waals surface area contributed by atoms with Gasteiger partial charge in [-0.1, -0.05) is 59.6 Å². The number of aromatic hydroxyl groups is 1. The summed E-state index contributed by atoms with van der Waals surface area (Å²) in [6, 6.07) is 14.8. The summed E-state index contributed by atoms with van der Waals surface area (Å²) < 4.78 is 0. The summed E-state index contributed by atoms with van der Waals surface area (Å²) in [7, 11) is 0. The van der Waals surface area contributed by atoms with E-state index in [4.69, 9.17) is 11.6 Å². The van der Waals surface area contributed by atoms with Crippen molar-refractivity contribution in [1.82, 2.24) is 9.80 Å². The summed E-state index contributed by atoms with van der Waals surface area (Å²) in [5, 5.41) is 10.3. The summed E-state index contributed by atoms with van der Waals surface area (Å²) in [6.45, 7) is 4.09. The van der Waals surface area contributed by atoms with E-state index in [9.17, 15) is 24.3 Å². The van der Waals surface area contributed by atoms with Gasteiger partial charge in [0.25, 0.3) is 0 Å². The van der Waals surface area contributed by atoms with Crippen molar-refractivity contribution in [3.05, 3.63) is 99.1 Å². The fraction of sp³-hybridized carbons (Fsp3) is 0.371. The molecule has 2 amide bonds. The molecule has 2 aliphatic heterocycles. The lowest BCUT2D eigenvalue weighted by Crippen LogP contribution is -2.47. The maximum atomic E-state index is 14.2. The lowest BCUT2D eigenvalue weighted by atomic mass is 9.59. The maximum absolute atomic E-state index is 14.2. The van der Waals surface area contributed by atoms with Gasteiger partial charge in [0.1, 0.15) is 5.75 Å². The average molecular weight is 597 g/mol. The van der Waals surface area contributed by atoms with E-state index >= 15 is 0 Å². The van der Waals surface area contributed by atoms with Crippen molar-refractivity contribution in [2.24, 2.45) is 17.8 Å². The van der Waals surface area contributed by atoms with Gasteiger partial charge in [0.05, 0.1) is 11.8 Å². The first-order valence-electron chi connectivity index (χ1n) is 15.0. The third kappa shape index (κ3) is 4.61. The standard InChI is InChI=1S/C35H33ClN2O5/c1-19-15-29(40)27-17-26-23(30(32(27)33(19)41)24-8-7-22(39)16-28(24)36)9-10-25-31(26)35(43)38(34(25)42)21-11-13-37(14-12-21)18-20-5-3-2-4-6-20/h2-9,15-16,21,25-26,30-31,39H,10-14,17-18H2,1H3. The Balaban J connectivity index is 1.19. The smallest absolute Gasteiger partial charge is 0.233 e. The number of fused-ring (bicyclic) bond motifs is 3. The molecule has 2 aromatic rings. The second-order valence-corrected chi connectivity index (χ2v) is 12.9. The number of halogens is 1. The molecule has 2 fully saturated rings. The third-order valence-electron chi connectivity index (χ3n) is 10.1. The number of ketones is 2. The summed E-state index contributed by atoms with van der Waals surface area (Å²) in [6.07, 6.45) is 5.48. The number of carbonyl (C=O) groups excluding carboxylic acids is 4. The van der Waals surface area contributed by atoms with Crippen LogP contribution in [0.25, 0.3) is 0 Å². The van der Waals surface area contributed by atoms with Gasteiger partial charge >= 0.3 is 0 Å². The highest BCUT2D eigenvalue weighted by molar-refractivity contribution is 6.32. The second-order valence-electron chi connectivity index (χ2n) is 12.5. The van der Waals surface area contributed by atoms with E-state index in [2.05, 4.69) is 17.0 Å². The number of phenols is 1. The number of nitrogens with zero attached hydrogens (tertiary/aromatic N) is 2. The highest BCUT2D eigenvalue weighted by Crippen LogP contribution is 2.56. The number of allylic oxidation sites excluding steroid dienone is 6. The van der Waals surface area contributed by atoms with Gasteiger partial charge in [-0.25, -0.2) is 0 Å². The monoisotopic (exact) mass is 596 g/mol. The Morgan fingerprint density at radius 2 is 1.70 bits per heavy atom. The van der Waals surface area contributed by atoms with E-state index in [0.29, 0.717) is 28.7 Å². The van der Waals surface area contributed by atoms with Crippen molar-refractivity contribution in [2.75, 3.05) is 13.1 Å². The zero-order valence-corrected chi connectivity index (χ0v) is 24.7. The first-order chi connectivity index (χ1) is 20.7. The first-order valence-corrected chi connectivity index (χ1v) is 15.4. The summed E-state index contributed by atoms with van der Waals surface area (Å²) in [4.78, 5) is 58.9. The van der Waals surface area contributed by atoms with E-state index in [1.54, 1.807) is 13.0 Å². The van der Waals surface area contributed by atoms with Crippen LogP contribution < -0.4 is 0 Å². The predicted octanol–water partition coefficient (Wildman–Crippen LogP) is 5.14. The number of rotatable bonds is 4. The van der Waals surface area contributed by atoms with Crippen molar-refractivity contribution in [3.8, 4) is 5.75 Å². The molecule has 220 valence electrons. The molecular weight excluding hydrogens is 564 g/mol. The van der Waals surface area contributed by atoms with Crippen LogP contribution in [-0.2, 0) is 25.7 Å². The molecule has 0 saturated carbocycles. The lowest BCUT2D eigenvalue weighted by molar-refractivity contribution is -0.144. The molecule has 0 radical (unpaired) electrons. The lowest BCUT2D eigenvalue weighted by Gasteiger charge is -2.42. The molecule has 7 nitrogen and oxygen atoms in total. The molecule has 2 aromatic carbocycles. The van der Waals surface area contributed by atoms with Crippen LogP contribution in [0.2, 0.25) is 5.02 Å². The molecule has 43 heavy (non-hydrogen) atoms. The SMILES string of the molecule is CC1=CC(=O)C2=C(C1=O)C(c1ccc(O)cc1Cl)C1=CCC3C(=O)N(C4CCN(Cc5ccccc5)CC4)C(=O)C3C1C2. The number of imide groups is 1. The van der Waals surface area contributed by atoms with E-state index < -0.39 is 23.7 Å². The highest BCUT2D eigenvalue weighted by Gasteiger charge is 2.57. The molecular formula is C35H33ClN2O5. The molecule has 0 bridgehead atoms. The Labute approximate surface area is 255 Å². The molecule has 5 aliphatic rings. The largest absolute Gasteiger partial charge is 0.508 e. The third-order valence-corrected chi connectivity index (χ3v) is 10.4. The maximum Gasteiger partial charge on any atom is 0.233 e. The molecule has 2 saturated heterocycles. The predicted molar refractivity (Wildman–Crippen MR) is 161 cm³/mol. The van der Waals surface area contributed by atoms with Gasteiger partial charge < -0.3 is 5.11 Å². The Morgan fingerprint density at radius 1 is 0.953 bits per heavy atom. The number of likely N-dealkylation sites (tertiary alicyclic amines) is 2. The van der Waals surface area contributed by atoms with Crippen LogP contribution in [0, 0.1) is 17.8 Å². The van der Waals surface area contributed by atoms with Crippen molar-refractivity contribution < 1.29 is 24.3 Å². The number of carbonyl (C=O) groups is 4. The zero-order chi connectivity index (χ0) is 30.0. The summed E-state index contributed by atoms with van der Waals surface area (Å²) in [5.74, 6) is -2.80. The Kier molecular flexibility index (Phi) is 6.98. The van der Waals surface area contributed by atoms with Crippen molar-refractivity contribution in [3.63, 3.8) is 0 Å². The number of amides is 2. The topological polar surface area (TPSA) is 95.0 Å². The van der Waals surface area contributed by atoms with Crippen LogP contribution in [0.15, 0.2) is 83.0 Å². The quantitative estimate of drug-likeness (QED) is 0.298. The molecule has 2 heterocycles. The minimum absolute atomic E-state index is 0.00264. The van der Waals surface area contributed by atoms with Gasteiger partial charge in [0.2, 0.25) is 11.8 Å². The average Bonchev–Trinajstić information content (AvgIpc) is 3.25. The van der Waals surface area contributed by atoms with Gasteiger partial charge in [-0.3, -0.25) is 29.0 Å². The number of hydrogen-bond acceptors (Lipinski definition) is 6. The number of piperidine rings is 1. The summed E-state index contributed by atoms with van der Waals surface area (Å²) >= 11 is 6.64. The van der Waals surface area contributed by atoms with Crippen molar-refractivity contribution in [1.29, 1.82) is 0 Å². The Bertz CT molecular complexity index is 1650. The number of Topliss-reactive ketones (excluding diaryl/α,β-unsaturated/α-hetero) is 1. The fourth-order valence-corrected chi connectivity index (χ4v) is 8.31. The van der Waals surface area contributed by atoms with E-state index in [-0.39, 0.29) is 46.6 Å². The molecule has 0 aromatic heterocycles. The Hall–Kier alpha value is -3.81. The zero-order valence-electron chi connectivity index (χ0n) is 24.0. The van der Waals surface area contributed by atoms with E-state index in [0.717, 1.165) is 38.0 Å². The molecule has 1 N–H and O–H groups in total. The van der Waals surface area contributed by atoms with Gasteiger partial charge in [-0.05, 0) is 67.9 Å². The van der Waals surface area contributed by atoms with Crippen molar-refractivity contribution >= 4 is 35.0 Å². The fourth-order valence-electron chi connectivity index (χ4n) is 8.03. The molecule has 3 aliphatic carbocycles. The van der Waals surface area contributed by atoms with E-state index in [1.165, 1.54) is 28.7 Å². The van der Waals surface area contributed by atoms with Gasteiger partial charge in [0.15, 0.2) is 11.6 Å². The van der Waals surface area contributed by atoms with Crippen LogP contribution in [0.1, 0.15) is 49.7 Å². The normalized spacial score (nSPS) is 28.0. The van der Waals surface area contributed by atoms with Gasteiger partial charge in [-0.2, -0.15) is 0 Å². The molecule has 8 heteroatoms.